The second-order valence-electron chi connectivity index (χ2n) is 7.16. The van der Waals surface area contributed by atoms with Gasteiger partial charge in [0.25, 0.3) is 5.91 Å². The highest BCUT2D eigenvalue weighted by Gasteiger charge is 2.32. The van der Waals surface area contributed by atoms with Crippen LogP contribution >= 0.6 is 0 Å². The van der Waals surface area contributed by atoms with Crippen LogP contribution < -0.4 is 10.1 Å². The highest BCUT2D eigenvalue weighted by atomic mass is 16.5. The summed E-state index contributed by atoms with van der Waals surface area (Å²) in [6.07, 6.45) is 6.01. The molecule has 0 unspecified atom stereocenters. The van der Waals surface area contributed by atoms with E-state index in [0.29, 0.717) is 12.5 Å². The summed E-state index contributed by atoms with van der Waals surface area (Å²) in [4.78, 5) is 18.8. The topological polar surface area (TPSA) is 59.4 Å². The molecular formula is C20H28N4O2. The molecule has 1 N–H and O–H groups in total. The van der Waals surface area contributed by atoms with Crippen molar-refractivity contribution >= 4 is 5.91 Å². The fraction of sp³-hybridized carbons (Fsp3) is 0.500. The van der Waals surface area contributed by atoms with Crippen LogP contribution in [0.4, 0.5) is 0 Å². The van der Waals surface area contributed by atoms with Gasteiger partial charge in [-0.2, -0.15) is 0 Å². The van der Waals surface area contributed by atoms with Gasteiger partial charge in [0.2, 0.25) is 0 Å². The molecule has 140 valence electrons. The smallest absolute Gasteiger partial charge is 0.257 e. The van der Waals surface area contributed by atoms with Crippen molar-refractivity contribution < 1.29 is 9.53 Å². The van der Waals surface area contributed by atoms with Crippen molar-refractivity contribution in [1.82, 2.24) is 19.8 Å². The lowest BCUT2D eigenvalue weighted by molar-refractivity contribution is -0.123. The number of nitrogens with one attached hydrogen (secondary N) is 1. The molecule has 26 heavy (non-hydrogen) atoms. The first-order valence-electron chi connectivity index (χ1n) is 9.17. The molecule has 1 aromatic heterocycles. The summed E-state index contributed by atoms with van der Waals surface area (Å²) >= 11 is 0. The van der Waals surface area contributed by atoms with Gasteiger partial charge in [0.05, 0.1) is 18.1 Å². The zero-order chi connectivity index (χ0) is 18.5. The van der Waals surface area contributed by atoms with Crippen LogP contribution in [0.2, 0.25) is 0 Å². The number of hydrogen-bond acceptors (Lipinski definition) is 4. The molecule has 2 heterocycles. The zero-order valence-corrected chi connectivity index (χ0v) is 15.8. The fourth-order valence-corrected chi connectivity index (χ4v) is 3.67. The third-order valence-corrected chi connectivity index (χ3v) is 5.12. The number of rotatable bonds is 6. The molecule has 3 rings (SSSR count). The van der Waals surface area contributed by atoms with E-state index in [4.69, 9.17) is 4.74 Å². The highest BCUT2D eigenvalue weighted by molar-refractivity contribution is 5.77. The maximum absolute atomic E-state index is 12.2. The van der Waals surface area contributed by atoms with Gasteiger partial charge in [-0.05, 0) is 51.4 Å². The van der Waals surface area contributed by atoms with Crippen molar-refractivity contribution in [3.8, 4) is 5.75 Å². The largest absolute Gasteiger partial charge is 0.484 e. The molecule has 0 radical (unpaired) electrons. The quantitative estimate of drug-likeness (QED) is 0.863. The van der Waals surface area contributed by atoms with E-state index in [-0.39, 0.29) is 18.6 Å². The number of imidazole rings is 1. The third-order valence-electron chi connectivity index (χ3n) is 5.12. The second kappa shape index (κ2) is 8.36. The average Bonchev–Trinajstić information content (AvgIpc) is 3.05. The first-order valence-corrected chi connectivity index (χ1v) is 9.17. The molecule has 0 saturated carbocycles. The van der Waals surface area contributed by atoms with Gasteiger partial charge in [-0.3, -0.25) is 9.69 Å². The molecule has 1 saturated heterocycles. The molecule has 0 spiro atoms. The predicted molar refractivity (Wildman–Crippen MR) is 101 cm³/mol. The molecule has 1 fully saturated rings. The van der Waals surface area contributed by atoms with Crippen LogP contribution in [0.1, 0.15) is 30.1 Å². The molecular weight excluding hydrogens is 328 g/mol. The van der Waals surface area contributed by atoms with Gasteiger partial charge in [0.15, 0.2) is 6.61 Å². The summed E-state index contributed by atoms with van der Waals surface area (Å²) in [5, 5.41) is 3.05. The molecule has 1 aliphatic rings. The van der Waals surface area contributed by atoms with Crippen LogP contribution in [0.3, 0.4) is 0 Å². The molecule has 2 aromatic rings. The molecule has 2 atom stereocenters. The summed E-state index contributed by atoms with van der Waals surface area (Å²) in [5.74, 6) is 1.01. The first-order chi connectivity index (χ1) is 12.5. The Morgan fingerprint density at radius 2 is 2.08 bits per heavy atom. The summed E-state index contributed by atoms with van der Waals surface area (Å²) in [6, 6.07) is 8.00. The zero-order valence-electron chi connectivity index (χ0n) is 15.8. The van der Waals surface area contributed by atoms with E-state index in [1.807, 2.05) is 50.8 Å². The normalized spacial score (nSPS) is 20.7. The lowest BCUT2D eigenvalue weighted by Crippen LogP contribution is -2.43. The average molecular weight is 356 g/mol. The SMILES string of the molecule is Cc1ccc(OCC(=O)NC[C@@H]2CCCN(C)[C@H]2c2cncn2C)cc1. The summed E-state index contributed by atoms with van der Waals surface area (Å²) in [6.45, 7) is 3.78. The molecule has 1 aliphatic heterocycles. The summed E-state index contributed by atoms with van der Waals surface area (Å²) in [5.41, 5.74) is 2.37. The minimum Gasteiger partial charge on any atom is -0.484 e. The van der Waals surface area contributed by atoms with Crippen LogP contribution in [-0.2, 0) is 11.8 Å². The Morgan fingerprint density at radius 3 is 2.77 bits per heavy atom. The van der Waals surface area contributed by atoms with E-state index in [2.05, 4.69) is 26.8 Å². The minimum absolute atomic E-state index is 0.0436. The van der Waals surface area contributed by atoms with Gasteiger partial charge in [0.1, 0.15) is 5.75 Å². The summed E-state index contributed by atoms with van der Waals surface area (Å²) < 4.78 is 7.64. The molecule has 0 aliphatic carbocycles. The Balaban J connectivity index is 1.54. The van der Waals surface area contributed by atoms with Gasteiger partial charge in [0, 0.05) is 19.8 Å². The van der Waals surface area contributed by atoms with Gasteiger partial charge in [-0.25, -0.2) is 4.98 Å². The Kier molecular flexibility index (Phi) is 5.93. The number of nitrogens with zero attached hydrogens (tertiary/aromatic N) is 3. The van der Waals surface area contributed by atoms with Gasteiger partial charge in [-0.15, -0.1) is 0 Å². The van der Waals surface area contributed by atoms with Crippen LogP contribution in [-0.4, -0.2) is 47.1 Å². The van der Waals surface area contributed by atoms with Gasteiger partial charge in [-0.1, -0.05) is 17.7 Å². The van der Waals surface area contributed by atoms with Crippen molar-refractivity contribution in [2.45, 2.75) is 25.8 Å². The van der Waals surface area contributed by atoms with E-state index in [0.717, 1.165) is 25.1 Å². The van der Waals surface area contributed by atoms with Crippen LogP contribution in [0, 0.1) is 12.8 Å². The number of benzene rings is 1. The predicted octanol–water partition coefficient (Wildman–Crippen LogP) is 2.31. The monoisotopic (exact) mass is 356 g/mol. The number of hydrogen-bond donors (Lipinski definition) is 1. The van der Waals surface area contributed by atoms with Crippen molar-refractivity contribution in [1.29, 1.82) is 0 Å². The van der Waals surface area contributed by atoms with Crippen molar-refractivity contribution in [3.63, 3.8) is 0 Å². The number of amides is 1. The van der Waals surface area contributed by atoms with E-state index in [1.165, 1.54) is 11.3 Å². The van der Waals surface area contributed by atoms with E-state index in [1.54, 1.807) is 0 Å². The van der Waals surface area contributed by atoms with Crippen molar-refractivity contribution in [2.24, 2.45) is 13.0 Å². The number of carbonyl (C=O) groups excluding carboxylic acids is 1. The van der Waals surface area contributed by atoms with E-state index < -0.39 is 0 Å². The molecule has 1 amide bonds. The Morgan fingerprint density at radius 1 is 1.31 bits per heavy atom. The van der Waals surface area contributed by atoms with Crippen LogP contribution in [0.25, 0.3) is 0 Å². The van der Waals surface area contributed by atoms with Gasteiger partial charge < -0.3 is 14.6 Å². The number of likely N-dealkylation sites (tertiary alicyclic amines) is 1. The summed E-state index contributed by atoms with van der Waals surface area (Å²) in [7, 11) is 4.17. The number of aromatic nitrogens is 2. The Bertz CT molecular complexity index is 726. The van der Waals surface area contributed by atoms with E-state index in [9.17, 15) is 4.79 Å². The number of ether oxygens (including phenoxy) is 1. The maximum atomic E-state index is 12.2. The Hall–Kier alpha value is -2.34. The third kappa shape index (κ3) is 4.43. The van der Waals surface area contributed by atoms with Crippen LogP contribution in [0.5, 0.6) is 5.75 Å². The Labute approximate surface area is 155 Å². The standard InChI is InChI=1S/C20H28N4O2/c1-15-6-8-17(9-7-15)26-13-19(25)22-11-16-5-4-10-23(2)20(16)18-12-21-14-24(18)3/h6-9,12,14,16,20H,4-5,10-11,13H2,1-3H3,(H,22,25)/t16-,20+/m0/s1. The highest BCUT2D eigenvalue weighted by Crippen LogP contribution is 2.34. The number of aryl methyl sites for hydroxylation is 2. The molecule has 6 heteroatoms. The maximum Gasteiger partial charge on any atom is 0.257 e. The lowest BCUT2D eigenvalue weighted by atomic mass is 9.87. The lowest BCUT2D eigenvalue weighted by Gasteiger charge is -2.39. The van der Waals surface area contributed by atoms with Gasteiger partial charge >= 0.3 is 0 Å². The molecule has 0 bridgehead atoms. The van der Waals surface area contributed by atoms with Crippen molar-refractivity contribution in [3.05, 3.63) is 48.0 Å². The fourth-order valence-electron chi connectivity index (χ4n) is 3.67. The van der Waals surface area contributed by atoms with Crippen molar-refractivity contribution in [2.75, 3.05) is 26.7 Å². The number of piperidine rings is 1. The van der Waals surface area contributed by atoms with Crippen LogP contribution in [0.15, 0.2) is 36.8 Å². The second-order valence-corrected chi connectivity index (χ2v) is 7.16. The first kappa shape index (κ1) is 18.5. The van der Waals surface area contributed by atoms with E-state index >= 15 is 0 Å². The molecule has 1 aromatic carbocycles. The minimum atomic E-state index is -0.0810. The molecule has 6 nitrogen and oxygen atoms in total. The number of carbonyl (C=O) groups is 1.